The molecular weight excluding hydrogens is 266 g/mol. The van der Waals surface area contributed by atoms with Gasteiger partial charge in [0.15, 0.2) is 0 Å². The first-order valence-electron chi connectivity index (χ1n) is 6.93. The van der Waals surface area contributed by atoms with Gasteiger partial charge in [-0.25, -0.2) is 0 Å². The lowest BCUT2D eigenvalue weighted by Gasteiger charge is -2.14. The number of benzene rings is 2. The highest BCUT2D eigenvalue weighted by Crippen LogP contribution is 2.37. The van der Waals surface area contributed by atoms with Gasteiger partial charge in [-0.1, -0.05) is 31.2 Å². The molecular formula is C16H13N3O2. The molecule has 0 N–H and O–H groups in total. The van der Waals surface area contributed by atoms with Gasteiger partial charge >= 0.3 is 0 Å². The maximum Gasteiger partial charge on any atom is 0.259 e. The zero-order valence-corrected chi connectivity index (χ0v) is 11.5. The van der Waals surface area contributed by atoms with E-state index in [-0.39, 0.29) is 5.91 Å². The quantitative estimate of drug-likeness (QED) is 0.739. The Bertz CT molecular complexity index is 848. The van der Waals surface area contributed by atoms with Crippen molar-refractivity contribution in [3.63, 3.8) is 0 Å². The van der Waals surface area contributed by atoms with Gasteiger partial charge in [-0.3, -0.25) is 9.69 Å². The number of carbonyl (C=O) groups is 1. The van der Waals surface area contributed by atoms with Crippen molar-refractivity contribution in [2.45, 2.75) is 19.9 Å². The fourth-order valence-electron chi connectivity index (χ4n) is 2.77. The second-order valence-electron chi connectivity index (χ2n) is 5.02. The molecule has 21 heavy (non-hydrogen) atoms. The summed E-state index contributed by atoms with van der Waals surface area (Å²) in [5.41, 5.74) is 1.64. The minimum Gasteiger partial charge on any atom is -0.423 e. The monoisotopic (exact) mass is 279 g/mol. The smallest absolute Gasteiger partial charge is 0.259 e. The molecule has 1 aliphatic heterocycles. The summed E-state index contributed by atoms with van der Waals surface area (Å²) in [6.45, 7) is 2.26. The van der Waals surface area contributed by atoms with Gasteiger partial charge in [-0.2, -0.15) is 0 Å². The van der Waals surface area contributed by atoms with Crippen LogP contribution in [0, 0.1) is 0 Å². The lowest BCUT2D eigenvalue weighted by atomic mass is 10.1. The van der Waals surface area contributed by atoms with Crippen LogP contribution >= 0.6 is 0 Å². The molecule has 5 heteroatoms. The van der Waals surface area contributed by atoms with E-state index in [1.807, 2.05) is 43.3 Å². The predicted molar refractivity (Wildman–Crippen MR) is 78.1 cm³/mol. The highest BCUT2D eigenvalue weighted by Gasteiger charge is 2.30. The normalized spacial score (nSPS) is 13.4. The summed E-state index contributed by atoms with van der Waals surface area (Å²) in [4.78, 5) is 14.3. The summed E-state index contributed by atoms with van der Waals surface area (Å²) < 4.78 is 5.52. The van der Waals surface area contributed by atoms with E-state index < -0.39 is 0 Å². The SMILES string of the molecule is CCc1nnc(CN2C(=O)c3cccc4cccc2c34)o1. The highest BCUT2D eigenvalue weighted by molar-refractivity contribution is 6.24. The zero-order valence-electron chi connectivity index (χ0n) is 11.5. The number of carbonyl (C=O) groups excluding carboxylic acids is 1. The van der Waals surface area contributed by atoms with Crippen molar-refractivity contribution in [1.29, 1.82) is 0 Å². The van der Waals surface area contributed by atoms with Crippen LogP contribution in [0.15, 0.2) is 40.8 Å². The fourth-order valence-corrected chi connectivity index (χ4v) is 2.77. The van der Waals surface area contributed by atoms with Crippen LogP contribution in [0.1, 0.15) is 29.1 Å². The van der Waals surface area contributed by atoms with Crippen LogP contribution in [0.5, 0.6) is 0 Å². The lowest BCUT2D eigenvalue weighted by molar-refractivity contribution is 0.0989. The van der Waals surface area contributed by atoms with E-state index in [1.54, 1.807) is 4.90 Å². The summed E-state index contributed by atoms with van der Waals surface area (Å²) in [5, 5.41) is 10.0. The van der Waals surface area contributed by atoms with Crippen LogP contribution in [-0.2, 0) is 13.0 Å². The van der Waals surface area contributed by atoms with E-state index in [9.17, 15) is 4.79 Å². The standard InChI is InChI=1S/C16H13N3O2/c1-2-13-17-18-14(21-13)9-19-12-8-4-6-10-5-3-7-11(15(10)12)16(19)20/h3-8H,2,9H2,1H3. The van der Waals surface area contributed by atoms with Gasteiger partial charge in [0.2, 0.25) is 11.8 Å². The number of hydrogen-bond donors (Lipinski definition) is 0. The zero-order chi connectivity index (χ0) is 14.4. The third-order valence-electron chi connectivity index (χ3n) is 3.75. The summed E-state index contributed by atoms with van der Waals surface area (Å²) in [6, 6.07) is 11.7. The molecule has 1 amide bonds. The Morgan fingerprint density at radius 3 is 2.62 bits per heavy atom. The largest absolute Gasteiger partial charge is 0.423 e. The van der Waals surface area contributed by atoms with Gasteiger partial charge in [-0.05, 0) is 17.5 Å². The number of hydrogen-bond acceptors (Lipinski definition) is 4. The van der Waals surface area contributed by atoms with E-state index in [2.05, 4.69) is 10.2 Å². The van der Waals surface area contributed by atoms with Gasteiger partial charge in [0, 0.05) is 17.4 Å². The molecule has 0 aliphatic carbocycles. The molecule has 104 valence electrons. The van der Waals surface area contributed by atoms with Crippen molar-refractivity contribution in [2.24, 2.45) is 0 Å². The molecule has 3 aromatic rings. The van der Waals surface area contributed by atoms with Gasteiger partial charge < -0.3 is 4.42 Å². The van der Waals surface area contributed by atoms with Crippen molar-refractivity contribution >= 4 is 22.4 Å². The van der Waals surface area contributed by atoms with E-state index in [0.29, 0.717) is 24.7 Å². The van der Waals surface area contributed by atoms with Crippen LogP contribution < -0.4 is 4.90 Å². The minimum atomic E-state index is -0.0157. The number of aryl methyl sites for hydroxylation is 1. The van der Waals surface area contributed by atoms with E-state index in [0.717, 1.165) is 22.0 Å². The maximum atomic E-state index is 12.6. The number of amides is 1. The Kier molecular flexibility index (Phi) is 2.54. The molecule has 0 radical (unpaired) electrons. The van der Waals surface area contributed by atoms with E-state index in [1.165, 1.54) is 0 Å². The summed E-state index contributed by atoms with van der Waals surface area (Å²) in [5.74, 6) is 1.04. The Morgan fingerprint density at radius 1 is 1.10 bits per heavy atom. The summed E-state index contributed by atoms with van der Waals surface area (Å²) in [7, 11) is 0. The molecule has 1 aliphatic rings. The molecule has 0 unspecified atom stereocenters. The van der Waals surface area contributed by atoms with Gasteiger partial charge in [0.1, 0.15) is 6.54 Å². The van der Waals surface area contributed by atoms with Crippen molar-refractivity contribution in [1.82, 2.24) is 10.2 Å². The molecule has 5 nitrogen and oxygen atoms in total. The predicted octanol–water partition coefficient (Wildman–Crippen LogP) is 2.95. The van der Waals surface area contributed by atoms with Crippen molar-refractivity contribution < 1.29 is 9.21 Å². The van der Waals surface area contributed by atoms with Gasteiger partial charge in [0.25, 0.3) is 5.91 Å². The first kappa shape index (κ1) is 12.1. The summed E-state index contributed by atoms with van der Waals surface area (Å²) in [6.07, 6.45) is 0.691. The van der Waals surface area contributed by atoms with Crippen molar-refractivity contribution in [3.8, 4) is 0 Å². The Morgan fingerprint density at radius 2 is 1.86 bits per heavy atom. The first-order chi connectivity index (χ1) is 10.3. The molecule has 0 saturated carbocycles. The second kappa shape index (κ2) is 4.41. The molecule has 1 aromatic heterocycles. The average molecular weight is 279 g/mol. The van der Waals surface area contributed by atoms with Crippen LogP contribution in [-0.4, -0.2) is 16.1 Å². The molecule has 0 fully saturated rings. The number of rotatable bonds is 3. The first-order valence-corrected chi connectivity index (χ1v) is 6.93. The number of anilines is 1. The molecule has 0 bridgehead atoms. The number of aromatic nitrogens is 2. The van der Waals surface area contributed by atoms with E-state index in [4.69, 9.17) is 4.42 Å². The Labute approximate surface area is 121 Å². The van der Waals surface area contributed by atoms with Gasteiger partial charge in [0.05, 0.1) is 5.69 Å². The number of nitrogens with zero attached hydrogens (tertiary/aromatic N) is 3. The molecule has 2 heterocycles. The topological polar surface area (TPSA) is 59.2 Å². The van der Waals surface area contributed by atoms with Crippen molar-refractivity contribution in [2.75, 3.05) is 4.90 Å². The molecule has 2 aromatic carbocycles. The molecule has 4 rings (SSSR count). The van der Waals surface area contributed by atoms with Crippen molar-refractivity contribution in [3.05, 3.63) is 53.7 Å². The van der Waals surface area contributed by atoms with Crippen LogP contribution in [0.3, 0.4) is 0 Å². The molecule has 0 saturated heterocycles. The third kappa shape index (κ3) is 1.74. The van der Waals surface area contributed by atoms with Crippen LogP contribution in [0.25, 0.3) is 10.8 Å². The second-order valence-corrected chi connectivity index (χ2v) is 5.02. The minimum absolute atomic E-state index is 0.0157. The highest BCUT2D eigenvalue weighted by atomic mass is 16.4. The fraction of sp³-hybridized carbons (Fsp3) is 0.188. The summed E-state index contributed by atoms with van der Waals surface area (Å²) >= 11 is 0. The maximum absolute atomic E-state index is 12.6. The van der Waals surface area contributed by atoms with Crippen LogP contribution in [0.2, 0.25) is 0 Å². The van der Waals surface area contributed by atoms with Gasteiger partial charge in [-0.15, -0.1) is 10.2 Å². The Hall–Kier alpha value is -2.69. The van der Waals surface area contributed by atoms with Crippen LogP contribution in [0.4, 0.5) is 5.69 Å². The lowest BCUT2D eigenvalue weighted by Crippen LogP contribution is -2.26. The molecule has 0 spiro atoms. The average Bonchev–Trinajstić information content (AvgIpc) is 3.08. The molecule has 0 atom stereocenters. The third-order valence-corrected chi connectivity index (χ3v) is 3.75. The Balaban J connectivity index is 1.78. The van der Waals surface area contributed by atoms with E-state index >= 15 is 0 Å².